The largest absolute Gasteiger partial charge is 0.239 e. The van der Waals surface area contributed by atoms with E-state index in [0.717, 1.165) is 16.7 Å². The molecule has 3 aromatic carbocycles. The third-order valence-electron chi connectivity index (χ3n) is 5.67. The second-order valence-electron chi connectivity index (χ2n) is 10.1. The molecule has 0 heterocycles. The standard InChI is InChI=1S/C28H32F2/c1-27(2,3)23-15-11-20(12-16-23)19-7-9-21(10-8-19)25(29)26(30)22-13-17-24(18-14-22)28(4,5)6/h7-18,25-26H,1-6H3. The first-order valence-electron chi connectivity index (χ1n) is 10.6. The van der Waals surface area contributed by atoms with Gasteiger partial charge in [0, 0.05) is 0 Å². The Balaban J connectivity index is 1.75. The maximum absolute atomic E-state index is 14.9. The zero-order valence-electron chi connectivity index (χ0n) is 18.8. The van der Waals surface area contributed by atoms with Crippen molar-refractivity contribution in [2.45, 2.75) is 64.7 Å². The molecule has 2 heteroatoms. The lowest BCUT2D eigenvalue weighted by Gasteiger charge is -2.20. The molecule has 0 aliphatic heterocycles. The van der Waals surface area contributed by atoms with Gasteiger partial charge in [0.05, 0.1) is 0 Å². The van der Waals surface area contributed by atoms with Gasteiger partial charge in [0.1, 0.15) is 0 Å². The average molecular weight is 407 g/mol. The summed E-state index contributed by atoms with van der Waals surface area (Å²) in [5.41, 5.74) is 5.26. The molecule has 2 unspecified atom stereocenters. The average Bonchev–Trinajstić information content (AvgIpc) is 2.72. The zero-order valence-corrected chi connectivity index (χ0v) is 18.8. The van der Waals surface area contributed by atoms with Crippen molar-refractivity contribution in [3.63, 3.8) is 0 Å². The Morgan fingerprint density at radius 1 is 0.467 bits per heavy atom. The van der Waals surface area contributed by atoms with Crippen molar-refractivity contribution in [1.82, 2.24) is 0 Å². The first kappa shape index (κ1) is 22.2. The van der Waals surface area contributed by atoms with Gasteiger partial charge in [0.25, 0.3) is 0 Å². The molecule has 0 aliphatic rings. The third-order valence-corrected chi connectivity index (χ3v) is 5.67. The molecular formula is C28H32F2. The molecule has 0 saturated heterocycles. The minimum atomic E-state index is -1.69. The SMILES string of the molecule is CC(C)(C)c1ccc(-c2ccc(C(F)C(F)c3ccc(C(C)(C)C)cc3)cc2)cc1. The van der Waals surface area contributed by atoms with Gasteiger partial charge in [-0.25, -0.2) is 8.78 Å². The molecular weight excluding hydrogens is 374 g/mol. The predicted octanol–water partition coefficient (Wildman–Crippen LogP) is 8.67. The van der Waals surface area contributed by atoms with Crippen LogP contribution in [0.3, 0.4) is 0 Å². The minimum Gasteiger partial charge on any atom is -0.239 e. The van der Waals surface area contributed by atoms with Crippen LogP contribution in [0.1, 0.15) is 76.1 Å². The zero-order chi connectivity index (χ0) is 22.1. The van der Waals surface area contributed by atoms with Gasteiger partial charge in [-0.1, -0.05) is 114 Å². The van der Waals surface area contributed by atoms with Crippen molar-refractivity contribution in [1.29, 1.82) is 0 Å². The Bertz CT molecular complexity index is 954. The maximum atomic E-state index is 14.9. The van der Waals surface area contributed by atoms with Crippen LogP contribution in [-0.2, 0) is 10.8 Å². The number of hydrogen-bond donors (Lipinski definition) is 0. The molecule has 30 heavy (non-hydrogen) atoms. The molecule has 0 spiro atoms. The molecule has 158 valence electrons. The number of benzene rings is 3. The summed E-state index contributed by atoms with van der Waals surface area (Å²) in [6.07, 6.45) is -3.38. The van der Waals surface area contributed by atoms with E-state index in [0.29, 0.717) is 11.1 Å². The van der Waals surface area contributed by atoms with Gasteiger partial charge in [-0.15, -0.1) is 0 Å². The van der Waals surface area contributed by atoms with Crippen LogP contribution >= 0.6 is 0 Å². The van der Waals surface area contributed by atoms with Gasteiger partial charge in [0.15, 0.2) is 12.3 Å². The molecule has 3 rings (SSSR count). The van der Waals surface area contributed by atoms with Crippen LogP contribution < -0.4 is 0 Å². The quantitative estimate of drug-likeness (QED) is 0.406. The second kappa shape index (κ2) is 8.34. The Kier molecular flexibility index (Phi) is 6.17. The van der Waals surface area contributed by atoms with Gasteiger partial charge in [-0.3, -0.25) is 0 Å². The molecule has 0 radical (unpaired) electrons. The molecule has 0 aliphatic carbocycles. The van der Waals surface area contributed by atoms with Crippen molar-refractivity contribution < 1.29 is 8.78 Å². The summed E-state index contributed by atoms with van der Waals surface area (Å²) >= 11 is 0. The Morgan fingerprint density at radius 3 is 1.07 bits per heavy atom. The van der Waals surface area contributed by atoms with Gasteiger partial charge in [0.2, 0.25) is 0 Å². The predicted molar refractivity (Wildman–Crippen MR) is 123 cm³/mol. The highest BCUT2D eigenvalue weighted by atomic mass is 19.2. The number of alkyl halides is 2. The lowest BCUT2D eigenvalue weighted by molar-refractivity contribution is 0.170. The second-order valence-corrected chi connectivity index (χ2v) is 10.1. The first-order chi connectivity index (χ1) is 14.0. The highest BCUT2D eigenvalue weighted by molar-refractivity contribution is 5.64. The van der Waals surface area contributed by atoms with Gasteiger partial charge in [-0.05, 0) is 44.2 Å². The van der Waals surface area contributed by atoms with E-state index in [1.54, 1.807) is 24.3 Å². The third kappa shape index (κ3) is 4.98. The molecule has 3 aromatic rings. The van der Waals surface area contributed by atoms with E-state index in [2.05, 4.69) is 65.8 Å². The minimum absolute atomic E-state index is 0.0135. The molecule has 0 fully saturated rings. The molecule has 0 nitrogen and oxygen atoms in total. The fourth-order valence-corrected chi connectivity index (χ4v) is 3.53. The van der Waals surface area contributed by atoms with Crippen LogP contribution in [0.25, 0.3) is 11.1 Å². The fourth-order valence-electron chi connectivity index (χ4n) is 3.53. The topological polar surface area (TPSA) is 0 Å². The van der Waals surface area contributed by atoms with E-state index in [4.69, 9.17) is 0 Å². The molecule has 0 amide bonds. The lowest BCUT2D eigenvalue weighted by Crippen LogP contribution is -2.11. The van der Waals surface area contributed by atoms with Crippen LogP contribution in [0.2, 0.25) is 0 Å². The van der Waals surface area contributed by atoms with Crippen LogP contribution in [0.15, 0.2) is 72.8 Å². The highest BCUT2D eigenvalue weighted by Gasteiger charge is 2.25. The smallest absolute Gasteiger partial charge is 0.160 e. The van der Waals surface area contributed by atoms with E-state index in [1.807, 2.05) is 24.3 Å². The monoisotopic (exact) mass is 406 g/mol. The van der Waals surface area contributed by atoms with Crippen molar-refractivity contribution in [2.24, 2.45) is 0 Å². The highest BCUT2D eigenvalue weighted by Crippen LogP contribution is 2.37. The Morgan fingerprint density at radius 2 is 0.733 bits per heavy atom. The van der Waals surface area contributed by atoms with Gasteiger partial charge < -0.3 is 0 Å². The van der Waals surface area contributed by atoms with Crippen LogP contribution in [0.5, 0.6) is 0 Å². The van der Waals surface area contributed by atoms with Gasteiger partial charge in [-0.2, -0.15) is 0 Å². The Hall–Kier alpha value is -2.48. The van der Waals surface area contributed by atoms with E-state index >= 15 is 0 Å². The van der Waals surface area contributed by atoms with Crippen LogP contribution in [0.4, 0.5) is 8.78 Å². The fraction of sp³-hybridized carbons (Fsp3) is 0.357. The van der Waals surface area contributed by atoms with Crippen LogP contribution in [-0.4, -0.2) is 0 Å². The molecule has 0 saturated carbocycles. The van der Waals surface area contributed by atoms with E-state index in [9.17, 15) is 8.78 Å². The summed E-state index contributed by atoms with van der Waals surface area (Å²) in [5, 5.41) is 0. The summed E-state index contributed by atoms with van der Waals surface area (Å²) in [7, 11) is 0. The number of rotatable bonds is 4. The summed E-state index contributed by atoms with van der Waals surface area (Å²) in [6, 6.07) is 22.7. The van der Waals surface area contributed by atoms with Crippen molar-refractivity contribution in [3.8, 4) is 11.1 Å². The summed E-state index contributed by atoms with van der Waals surface area (Å²) in [4.78, 5) is 0. The normalized spacial score (nSPS) is 14.4. The van der Waals surface area contributed by atoms with E-state index < -0.39 is 12.3 Å². The number of hydrogen-bond acceptors (Lipinski definition) is 0. The van der Waals surface area contributed by atoms with E-state index in [1.165, 1.54) is 5.56 Å². The van der Waals surface area contributed by atoms with Crippen molar-refractivity contribution in [3.05, 3.63) is 95.1 Å². The summed E-state index contributed by atoms with van der Waals surface area (Å²) in [5.74, 6) is 0. The maximum Gasteiger partial charge on any atom is 0.160 e. The molecule has 0 aromatic heterocycles. The Labute approximate surface area is 180 Å². The van der Waals surface area contributed by atoms with Crippen LogP contribution in [0, 0.1) is 0 Å². The van der Waals surface area contributed by atoms with E-state index in [-0.39, 0.29) is 10.8 Å². The first-order valence-corrected chi connectivity index (χ1v) is 10.6. The summed E-state index contributed by atoms with van der Waals surface area (Å²) in [6.45, 7) is 12.9. The number of halogens is 2. The molecule has 0 N–H and O–H groups in total. The van der Waals surface area contributed by atoms with Crippen molar-refractivity contribution >= 4 is 0 Å². The lowest BCUT2D eigenvalue weighted by atomic mass is 9.86. The molecule has 2 atom stereocenters. The van der Waals surface area contributed by atoms with Crippen molar-refractivity contribution in [2.75, 3.05) is 0 Å². The molecule has 0 bridgehead atoms. The van der Waals surface area contributed by atoms with Gasteiger partial charge >= 0.3 is 0 Å². The summed E-state index contributed by atoms with van der Waals surface area (Å²) < 4.78 is 29.7.